The Morgan fingerprint density at radius 2 is 2.12 bits per heavy atom. The van der Waals surface area contributed by atoms with Gasteiger partial charge >= 0.3 is 0 Å². The molecule has 1 amide bonds. The van der Waals surface area contributed by atoms with Crippen LogP contribution in [0.3, 0.4) is 0 Å². The summed E-state index contributed by atoms with van der Waals surface area (Å²) in [7, 11) is 0. The van der Waals surface area contributed by atoms with Crippen molar-refractivity contribution < 1.29 is 4.79 Å². The van der Waals surface area contributed by atoms with Crippen LogP contribution in [0.2, 0.25) is 0 Å². The van der Waals surface area contributed by atoms with Crippen LogP contribution >= 0.6 is 0 Å². The molecule has 1 N–H and O–H groups in total. The van der Waals surface area contributed by atoms with Gasteiger partial charge in [-0.05, 0) is 18.9 Å². The monoisotopic (exact) mass is 218 g/mol. The van der Waals surface area contributed by atoms with Gasteiger partial charge in [0.2, 0.25) is 5.91 Å². The molecule has 3 heteroatoms. The maximum absolute atomic E-state index is 12.0. The van der Waals surface area contributed by atoms with E-state index in [0.29, 0.717) is 0 Å². The molecular weight excluding hydrogens is 200 g/mol. The Morgan fingerprint density at radius 3 is 2.81 bits per heavy atom. The van der Waals surface area contributed by atoms with Gasteiger partial charge in [0.15, 0.2) is 0 Å². The highest BCUT2D eigenvalue weighted by Gasteiger charge is 2.26. The lowest BCUT2D eigenvalue weighted by atomic mass is 10.0. The smallest absolute Gasteiger partial charge is 0.240 e. The molecule has 1 heterocycles. The molecule has 86 valence electrons. The van der Waals surface area contributed by atoms with Crippen LogP contribution in [0.1, 0.15) is 12.5 Å². The number of amides is 1. The van der Waals surface area contributed by atoms with E-state index in [4.69, 9.17) is 0 Å². The van der Waals surface area contributed by atoms with Crippen LogP contribution in [0.5, 0.6) is 0 Å². The van der Waals surface area contributed by atoms with Crippen LogP contribution in [0.4, 0.5) is 0 Å². The van der Waals surface area contributed by atoms with Crippen molar-refractivity contribution in [1.82, 2.24) is 10.2 Å². The van der Waals surface area contributed by atoms with Gasteiger partial charge in [0.05, 0.1) is 6.04 Å². The number of carbonyl (C=O) groups excluding carboxylic acids is 1. The molecule has 2 rings (SSSR count). The molecule has 1 saturated heterocycles. The first-order valence-electron chi connectivity index (χ1n) is 5.87. The van der Waals surface area contributed by atoms with Gasteiger partial charge in [0.1, 0.15) is 0 Å². The lowest BCUT2D eigenvalue weighted by molar-refractivity contribution is -0.135. The minimum atomic E-state index is -0.0453. The lowest BCUT2D eigenvalue weighted by Gasteiger charge is -2.32. The van der Waals surface area contributed by atoms with E-state index < -0.39 is 0 Å². The van der Waals surface area contributed by atoms with E-state index in [1.54, 1.807) is 0 Å². The summed E-state index contributed by atoms with van der Waals surface area (Å²) in [5.41, 5.74) is 1.21. The topological polar surface area (TPSA) is 32.3 Å². The molecule has 1 aliphatic heterocycles. The fourth-order valence-electron chi connectivity index (χ4n) is 2.11. The van der Waals surface area contributed by atoms with Crippen LogP contribution < -0.4 is 5.32 Å². The Morgan fingerprint density at radius 1 is 1.38 bits per heavy atom. The van der Waals surface area contributed by atoms with Gasteiger partial charge in [-0.2, -0.15) is 0 Å². The molecule has 0 aromatic heterocycles. The predicted octanol–water partition coefficient (Wildman–Crippen LogP) is 1.05. The first-order valence-corrected chi connectivity index (χ1v) is 5.87. The second kappa shape index (κ2) is 5.12. The summed E-state index contributed by atoms with van der Waals surface area (Å²) in [6.07, 6.45) is 0.788. The van der Waals surface area contributed by atoms with E-state index in [9.17, 15) is 4.79 Å². The number of hydrogen-bond acceptors (Lipinski definition) is 2. The van der Waals surface area contributed by atoms with Gasteiger partial charge in [-0.1, -0.05) is 30.3 Å². The zero-order valence-electron chi connectivity index (χ0n) is 9.65. The zero-order chi connectivity index (χ0) is 11.4. The average Bonchev–Trinajstić information content (AvgIpc) is 2.33. The maximum Gasteiger partial charge on any atom is 0.240 e. The first-order chi connectivity index (χ1) is 7.81. The molecule has 0 spiro atoms. The molecule has 1 unspecified atom stereocenters. The number of rotatable bonds is 3. The second-order valence-corrected chi connectivity index (χ2v) is 4.11. The van der Waals surface area contributed by atoms with Crippen molar-refractivity contribution in [2.24, 2.45) is 0 Å². The predicted molar refractivity (Wildman–Crippen MR) is 64.2 cm³/mol. The summed E-state index contributed by atoms with van der Waals surface area (Å²) in [6, 6.07) is 10.1. The second-order valence-electron chi connectivity index (χ2n) is 4.11. The number of piperazine rings is 1. The molecule has 1 atom stereocenters. The summed E-state index contributed by atoms with van der Waals surface area (Å²) < 4.78 is 0. The van der Waals surface area contributed by atoms with Crippen LogP contribution in [0.25, 0.3) is 0 Å². The molecule has 0 saturated carbocycles. The van der Waals surface area contributed by atoms with Gasteiger partial charge in [0, 0.05) is 19.6 Å². The van der Waals surface area contributed by atoms with E-state index in [1.165, 1.54) is 5.56 Å². The number of nitrogens with one attached hydrogen (secondary N) is 1. The molecule has 0 radical (unpaired) electrons. The number of likely N-dealkylation sites (N-methyl/N-ethyl adjacent to an activating group) is 1. The van der Waals surface area contributed by atoms with Crippen LogP contribution in [0.15, 0.2) is 30.3 Å². The standard InChI is InChI=1S/C13H18N2O/c1-2-15-9-8-14-12(13(15)16)10-11-6-4-3-5-7-11/h3-7,12,14H,2,8-10H2,1H3. The van der Waals surface area contributed by atoms with Gasteiger partial charge in [-0.15, -0.1) is 0 Å². The van der Waals surface area contributed by atoms with Gasteiger partial charge in [0.25, 0.3) is 0 Å². The van der Waals surface area contributed by atoms with E-state index in [2.05, 4.69) is 17.4 Å². The van der Waals surface area contributed by atoms with E-state index >= 15 is 0 Å². The lowest BCUT2D eigenvalue weighted by Crippen LogP contribution is -2.55. The largest absolute Gasteiger partial charge is 0.340 e. The Kier molecular flexibility index (Phi) is 3.57. The summed E-state index contributed by atoms with van der Waals surface area (Å²) >= 11 is 0. The normalized spacial score (nSPS) is 21.2. The number of nitrogens with zero attached hydrogens (tertiary/aromatic N) is 1. The Balaban J connectivity index is 2.02. The SMILES string of the molecule is CCN1CCNC(Cc2ccccc2)C1=O. The summed E-state index contributed by atoms with van der Waals surface area (Å²) in [5, 5.41) is 3.29. The first kappa shape index (κ1) is 11.1. The number of hydrogen-bond donors (Lipinski definition) is 1. The fourth-order valence-corrected chi connectivity index (χ4v) is 2.11. The van der Waals surface area contributed by atoms with Gasteiger partial charge < -0.3 is 10.2 Å². The van der Waals surface area contributed by atoms with Crippen LogP contribution in [-0.4, -0.2) is 36.5 Å². The van der Waals surface area contributed by atoms with Crippen LogP contribution in [-0.2, 0) is 11.2 Å². The van der Waals surface area contributed by atoms with Crippen molar-refractivity contribution in [3.63, 3.8) is 0 Å². The molecule has 3 nitrogen and oxygen atoms in total. The Bertz CT molecular complexity index is 350. The Hall–Kier alpha value is -1.35. The third kappa shape index (κ3) is 2.42. The maximum atomic E-state index is 12.0. The molecule has 1 aromatic rings. The van der Waals surface area contributed by atoms with E-state index in [1.807, 2.05) is 30.0 Å². The third-order valence-corrected chi connectivity index (χ3v) is 3.05. The third-order valence-electron chi connectivity index (χ3n) is 3.05. The van der Waals surface area contributed by atoms with E-state index in [0.717, 1.165) is 26.1 Å². The molecule has 16 heavy (non-hydrogen) atoms. The van der Waals surface area contributed by atoms with Gasteiger partial charge in [-0.3, -0.25) is 4.79 Å². The highest BCUT2D eigenvalue weighted by atomic mass is 16.2. The highest BCUT2D eigenvalue weighted by Crippen LogP contribution is 2.08. The van der Waals surface area contributed by atoms with Crippen LogP contribution in [0, 0.1) is 0 Å². The molecular formula is C13H18N2O. The zero-order valence-corrected chi connectivity index (χ0v) is 9.65. The number of carbonyl (C=O) groups is 1. The summed E-state index contributed by atoms with van der Waals surface area (Å²) in [4.78, 5) is 13.9. The van der Waals surface area contributed by atoms with Crippen molar-refractivity contribution in [3.05, 3.63) is 35.9 Å². The van der Waals surface area contributed by atoms with Crippen molar-refractivity contribution >= 4 is 5.91 Å². The molecule has 0 bridgehead atoms. The summed E-state index contributed by atoms with van der Waals surface area (Å²) in [5.74, 6) is 0.234. The highest BCUT2D eigenvalue weighted by molar-refractivity contribution is 5.83. The summed E-state index contributed by atoms with van der Waals surface area (Å²) in [6.45, 7) is 4.58. The fraction of sp³-hybridized carbons (Fsp3) is 0.462. The van der Waals surface area contributed by atoms with Crippen molar-refractivity contribution in [3.8, 4) is 0 Å². The van der Waals surface area contributed by atoms with E-state index in [-0.39, 0.29) is 11.9 Å². The average molecular weight is 218 g/mol. The minimum Gasteiger partial charge on any atom is -0.340 e. The van der Waals surface area contributed by atoms with Crippen molar-refractivity contribution in [2.75, 3.05) is 19.6 Å². The van der Waals surface area contributed by atoms with Gasteiger partial charge in [-0.25, -0.2) is 0 Å². The minimum absolute atomic E-state index is 0.0453. The Labute approximate surface area is 96.5 Å². The molecule has 1 aliphatic rings. The quantitative estimate of drug-likeness (QED) is 0.822. The van der Waals surface area contributed by atoms with Crippen molar-refractivity contribution in [1.29, 1.82) is 0 Å². The molecule has 1 aromatic carbocycles. The van der Waals surface area contributed by atoms with Crippen molar-refractivity contribution in [2.45, 2.75) is 19.4 Å². The molecule has 1 fully saturated rings. The molecule has 0 aliphatic carbocycles. The number of benzene rings is 1.